The van der Waals surface area contributed by atoms with Gasteiger partial charge in [0, 0.05) is 24.7 Å². The van der Waals surface area contributed by atoms with Gasteiger partial charge < -0.3 is 37.9 Å². The number of hydrogen-bond donors (Lipinski definition) is 0. The fourth-order valence-corrected chi connectivity index (χ4v) is 2.71. The Hall–Kier alpha value is -2.63. The molecule has 0 aliphatic carbocycles. The van der Waals surface area contributed by atoms with Crippen molar-refractivity contribution in [2.45, 2.75) is 12.8 Å². The minimum atomic E-state index is -2.35. The van der Waals surface area contributed by atoms with E-state index < -0.39 is 47.2 Å². The Labute approximate surface area is 233 Å². The van der Waals surface area contributed by atoms with E-state index in [9.17, 15) is 26.7 Å². The van der Waals surface area contributed by atoms with Crippen molar-refractivity contribution in [2.24, 2.45) is 5.11 Å². The van der Waals surface area contributed by atoms with Crippen molar-refractivity contribution in [1.82, 2.24) is 0 Å². The Balaban J connectivity index is 1.84. The van der Waals surface area contributed by atoms with Crippen LogP contribution in [0.3, 0.4) is 0 Å². The standard InChI is InChI=1S/C24H34F5N3O9/c25-19-20(26)22(28)24(23(29)21(19)27)41-18(33)2-6-36-10-8-34-4-1-5-35-9-12-38-14-16-40-17-15-39-13-11-37-7-3-31-32-30/h1-17H2. The monoisotopic (exact) mass is 603 g/mol. The van der Waals surface area contributed by atoms with E-state index in [4.69, 9.17) is 38.7 Å². The Bertz CT molecular complexity index is 898. The van der Waals surface area contributed by atoms with Gasteiger partial charge in [0.2, 0.25) is 34.8 Å². The summed E-state index contributed by atoms with van der Waals surface area (Å²) < 4.78 is 108. The number of carbonyl (C=O) groups is 1. The average molecular weight is 604 g/mol. The number of azide groups is 1. The van der Waals surface area contributed by atoms with E-state index in [0.29, 0.717) is 85.6 Å². The third kappa shape index (κ3) is 17.0. The lowest BCUT2D eigenvalue weighted by Gasteiger charge is -2.09. The first-order chi connectivity index (χ1) is 19.9. The van der Waals surface area contributed by atoms with E-state index in [1.807, 2.05) is 0 Å². The first-order valence-electron chi connectivity index (χ1n) is 12.7. The molecule has 41 heavy (non-hydrogen) atoms. The number of carbonyl (C=O) groups excluding carboxylic acids is 1. The third-order valence-corrected chi connectivity index (χ3v) is 4.67. The van der Waals surface area contributed by atoms with Gasteiger partial charge in [-0.3, -0.25) is 4.79 Å². The predicted octanol–water partition coefficient (Wildman–Crippen LogP) is 3.49. The fraction of sp³-hybridized carbons (Fsp3) is 0.708. The molecule has 17 heteroatoms. The first kappa shape index (κ1) is 36.4. The van der Waals surface area contributed by atoms with Gasteiger partial charge in [-0.05, 0) is 12.0 Å². The van der Waals surface area contributed by atoms with Gasteiger partial charge in [-0.25, -0.2) is 13.2 Å². The molecule has 234 valence electrons. The second-order valence-electron chi connectivity index (χ2n) is 7.72. The zero-order valence-electron chi connectivity index (χ0n) is 22.4. The van der Waals surface area contributed by atoms with Crippen molar-refractivity contribution < 1.29 is 64.6 Å². The molecular weight excluding hydrogens is 569 g/mol. The predicted molar refractivity (Wildman–Crippen MR) is 131 cm³/mol. The molecular formula is C24H34F5N3O9. The molecule has 0 radical (unpaired) electrons. The molecule has 0 aliphatic rings. The third-order valence-electron chi connectivity index (χ3n) is 4.67. The maximum atomic E-state index is 13.5. The fourth-order valence-electron chi connectivity index (χ4n) is 2.71. The molecule has 1 aromatic rings. The Kier molecular flexibility index (Phi) is 21.3. The molecule has 0 atom stereocenters. The van der Waals surface area contributed by atoms with E-state index >= 15 is 0 Å². The van der Waals surface area contributed by atoms with Crippen LogP contribution in [0, 0.1) is 29.1 Å². The van der Waals surface area contributed by atoms with E-state index in [1.54, 1.807) is 0 Å². The number of ether oxygens (including phenoxy) is 8. The zero-order valence-corrected chi connectivity index (χ0v) is 22.4. The van der Waals surface area contributed by atoms with Crippen LogP contribution in [-0.4, -0.2) is 105 Å². The highest BCUT2D eigenvalue weighted by atomic mass is 19.2. The summed E-state index contributed by atoms with van der Waals surface area (Å²) in [6.45, 7) is 4.97. The highest BCUT2D eigenvalue weighted by molar-refractivity contribution is 5.72. The number of rotatable bonds is 26. The summed E-state index contributed by atoms with van der Waals surface area (Å²) >= 11 is 0. The van der Waals surface area contributed by atoms with Crippen LogP contribution in [0.15, 0.2) is 5.11 Å². The van der Waals surface area contributed by atoms with E-state index in [1.165, 1.54) is 0 Å². The van der Waals surface area contributed by atoms with Gasteiger partial charge in [-0.15, -0.1) is 0 Å². The van der Waals surface area contributed by atoms with E-state index in [0.717, 1.165) is 0 Å². The van der Waals surface area contributed by atoms with Crippen LogP contribution in [0.1, 0.15) is 12.8 Å². The molecule has 0 N–H and O–H groups in total. The smallest absolute Gasteiger partial charge is 0.313 e. The van der Waals surface area contributed by atoms with Gasteiger partial charge in [0.1, 0.15) is 0 Å². The summed E-state index contributed by atoms with van der Waals surface area (Å²) in [5.41, 5.74) is 8.10. The van der Waals surface area contributed by atoms with Crippen molar-refractivity contribution in [3.8, 4) is 5.75 Å². The number of benzene rings is 1. The van der Waals surface area contributed by atoms with Crippen LogP contribution in [0.4, 0.5) is 22.0 Å². The summed E-state index contributed by atoms with van der Waals surface area (Å²) in [5, 5.41) is 3.34. The largest absolute Gasteiger partial charge is 0.420 e. The van der Waals surface area contributed by atoms with Crippen molar-refractivity contribution in [3.05, 3.63) is 39.5 Å². The highest BCUT2D eigenvalue weighted by Crippen LogP contribution is 2.29. The SMILES string of the molecule is [N-]=[N+]=NCCOCCOCCOCCOCCOCCCOCCOCCC(=O)Oc1c(F)c(F)c(F)c(F)c1F. The molecule has 0 aliphatic heterocycles. The summed E-state index contributed by atoms with van der Waals surface area (Å²) in [6.07, 6.45) is 0.144. The molecule has 0 saturated heterocycles. The van der Waals surface area contributed by atoms with Crippen LogP contribution in [0.5, 0.6) is 5.75 Å². The van der Waals surface area contributed by atoms with Crippen LogP contribution < -0.4 is 4.74 Å². The summed E-state index contributed by atoms with van der Waals surface area (Å²) in [4.78, 5) is 14.2. The second-order valence-corrected chi connectivity index (χ2v) is 7.72. The quantitative estimate of drug-likeness (QED) is 0.0179. The molecule has 0 aromatic heterocycles. The highest BCUT2D eigenvalue weighted by Gasteiger charge is 2.28. The van der Waals surface area contributed by atoms with Crippen LogP contribution in [0.25, 0.3) is 10.4 Å². The van der Waals surface area contributed by atoms with Crippen LogP contribution >= 0.6 is 0 Å². The average Bonchev–Trinajstić information content (AvgIpc) is 2.97. The Morgan fingerprint density at radius 1 is 0.561 bits per heavy atom. The van der Waals surface area contributed by atoms with E-state index in [2.05, 4.69) is 14.8 Å². The molecule has 0 unspecified atom stereocenters. The van der Waals surface area contributed by atoms with Gasteiger partial charge >= 0.3 is 5.97 Å². The lowest BCUT2D eigenvalue weighted by atomic mass is 10.2. The minimum absolute atomic E-state index is 0.104. The molecule has 0 bridgehead atoms. The molecule has 0 amide bonds. The second kappa shape index (κ2) is 24.0. The first-order valence-corrected chi connectivity index (χ1v) is 12.7. The van der Waals surface area contributed by atoms with Crippen LogP contribution in [0.2, 0.25) is 0 Å². The maximum absolute atomic E-state index is 13.5. The lowest BCUT2D eigenvalue weighted by Crippen LogP contribution is -2.16. The lowest BCUT2D eigenvalue weighted by molar-refractivity contribution is -0.136. The number of nitrogens with zero attached hydrogens (tertiary/aromatic N) is 3. The van der Waals surface area contributed by atoms with Gasteiger partial charge in [-0.1, -0.05) is 5.11 Å². The van der Waals surface area contributed by atoms with Crippen molar-refractivity contribution >= 4 is 5.97 Å². The molecule has 12 nitrogen and oxygen atoms in total. The van der Waals surface area contributed by atoms with Crippen molar-refractivity contribution in [2.75, 3.05) is 99.0 Å². The number of esters is 1. The number of halogens is 5. The molecule has 1 rings (SSSR count). The summed E-state index contributed by atoms with van der Waals surface area (Å²) in [7, 11) is 0. The van der Waals surface area contributed by atoms with Gasteiger partial charge in [0.05, 0.1) is 85.7 Å². The summed E-state index contributed by atoms with van der Waals surface area (Å²) in [6, 6.07) is 0. The van der Waals surface area contributed by atoms with Gasteiger partial charge in [-0.2, -0.15) is 8.78 Å². The topological polar surface area (TPSA) is 140 Å². The molecule has 0 heterocycles. The minimum Gasteiger partial charge on any atom is -0.420 e. The van der Waals surface area contributed by atoms with Crippen molar-refractivity contribution in [1.29, 1.82) is 0 Å². The zero-order chi connectivity index (χ0) is 30.1. The van der Waals surface area contributed by atoms with Gasteiger partial charge in [0.25, 0.3) is 0 Å². The molecule has 0 saturated carbocycles. The normalized spacial score (nSPS) is 11.0. The van der Waals surface area contributed by atoms with Crippen molar-refractivity contribution in [3.63, 3.8) is 0 Å². The van der Waals surface area contributed by atoms with Gasteiger partial charge in [0.15, 0.2) is 0 Å². The van der Waals surface area contributed by atoms with E-state index in [-0.39, 0.29) is 19.8 Å². The molecule has 0 spiro atoms. The maximum Gasteiger partial charge on any atom is 0.313 e. The molecule has 0 fully saturated rings. The Morgan fingerprint density at radius 2 is 0.927 bits per heavy atom. The number of hydrogen-bond acceptors (Lipinski definition) is 10. The van der Waals surface area contributed by atoms with Crippen LogP contribution in [-0.2, 0) is 38.0 Å². The Morgan fingerprint density at radius 3 is 1.37 bits per heavy atom. The summed E-state index contributed by atoms with van der Waals surface area (Å²) in [5.74, 6) is -14.1. The molecule has 1 aromatic carbocycles.